The number of aliphatic hydroxyl groups is 1. The van der Waals surface area contributed by atoms with E-state index in [1.807, 2.05) is 36.4 Å². The molecular formula is C16H16O3. The Hall–Kier alpha value is -2.00. The van der Waals surface area contributed by atoms with Gasteiger partial charge in [-0.05, 0) is 29.7 Å². The molecule has 98 valence electrons. The van der Waals surface area contributed by atoms with Gasteiger partial charge in [-0.1, -0.05) is 36.4 Å². The molecule has 1 atom stereocenters. The van der Waals surface area contributed by atoms with Crippen LogP contribution in [0.1, 0.15) is 23.5 Å². The fourth-order valence-electron chi connectivity index (χ4n) is 2.47. The highest BCUT2D eigenvalue weighted by molar-refractivity contribution is 5.47. The summed E-state index contributed by atoms with van der Waals surface area (Å²) in [5.41, 5.74) is 2.35. The smallest absolute Gasteiger partial charge is 0.231 e. The average Bonchev–Trinajstić information content (AvgIpc) is 2.93. The molecule has 0 radical (unpaired) electrons. The van der Waals surface area contributed by atoms with E-state index in [0.29, 0.717) is 6.42 Å². The Balaban J connectivity index is 1.96. The largest absolute Gasteiger partial charge is 0.454 e. The molecule has 0 aliphatic carbocycles. The van der Waals surface area contributed by atoms with Gasteiger partial charge in [0.15, 0.2) is 11.5 Å². The van der Waals surface area contributed by atoms with Crippen molar-refractivity contribution in [2.45, 2.75) is 12.3 Å². The third-order valence-electron chi connectivity index (χ3n) is 3.42. The van der Waals surface area contributed by atoms with E-state index >= 15 is 0 Å². The number of rotatable bonds is 4. The van der Waals surface area contributed by atoms with Crippen LogP contribution in [0.25, 0.3) is 0 Å². The van der Waals surface area contributed by atoms with E-state index in [1.54, 1.807) is 0 Å². The van der Waals surface area contributed by atoms with Crippen molar-refractivity contribution < 1.29 is 14.6 Å². The lowest BCUT2D eigenvalue weighted by Gasteiger charge is -2.17. The molecule has 1 aliphatic heterocycles. The first-order valence-corrected chi connectivity index (χ1v) is 6.44. The quantitative estimate of drug-likeness (QED) is 0.914. The number of hydrogen-bond acceptors (Lipinski definition) is 3. The summed E-state index contributed by atoms with van der Waals surface area (Å²) in [6.45, 7) is 0.447. The van der Waals surface area contributed by atoms with E-state index in [-0.39, 0.29) is 19.3 Å². The van der Waals surface area contributed by atoms with Crippen molar-refractivity contribution in [3.05, 3.63) is 59.7 Å². The molecule has 1 N–H and O–H groups in total. The van der Waals surface area contributed by atoms with Gasteiger partial charge in [-0.25, -0.2) is 0 Å². The maximum Gasteiger partial charge on any atom is 0.231 e. The Labute approximate surface area is 112 Å². The summed E-state index contributed by atoms with van der Waals surface area (Å²) >= 11 is 0. The van der Waals surface area contributed by atoms with Crippen LogP contribution in [0, 0.1) is 0 Å². The topological polar surface area (TPSA) is 38.7 Å². The van der Waals surface area contributed by atoms with E-state index in [1.165, 1.54) is 5.56 Å². The fraction of sp³-hybridized carbons (Fsp3) is 0.250. The zero-order valence-electron chi connectivity index (χ0n) is 10.6. The second-order valence-electron chi connectivity index (χ2n) is 4.59. The minimum absolute atomic E-state index is 0.161. The van der Waals surface area contributed by atoms with E-state index in [0.717, 1.165) is 17.1 Å². The summed E-state index contributed by atoms with van der Waals surface area (Å²) < 4.78 is 10.7. The fourth-order valence-corrected chi connectivity index (χ4v) is 2.47. The number of ether oxygens (including phenoxy) is 2. The summed E-state index contributed by atoms with van der Waals surface area (Å²) in [4.78, 5) is 0. The van der Waals surface area contributed by atoms with Crippen LogP contribution < -0.4 is 9.47 Å². The summed E-state index contributed by atoms with van der Waals surface area (Å²) in [6.07, 6.45) is 0.698. The van der Waals surface area contributed by atoms with Crippen LogP contribution in [0.4, 0.5) is 0 Å². The third-order valence-corrected chi connectivity index (χ3v) is 3.42. The van der Waals surface area contributed by atoms with Gasteiger partial charge in [0.05, 0.1) is 0 Å². The number of hydrogen-bond donors (Lipinski definition) is 1. The maximum absolute atomic E-state index is 9.30. The zero-order valence-corrected chi connectivity index (χ0v) is 10.6. The molecule has 2 aromatic carbocycles. The summed E-state index contributed by atoms with van der Waals surface area (Å²) in [5.74, 6) is 1.76. The van der Waals surface area contributed by atoms with E-state index < -0.39 is 0 Å². The van der Waals surface area contributed by atoms with Gasteiger partial charge in [0.2, 0.25) is 6.79 Å². The Kier molecular flexibility index (Phi) is 3.38. The lowest BCUT2D eigenvalue weighted by atomic mass is 9.88. The normalized spacial score (nSPS) is 14.4. The van der Waals surface area contributed by atoms with Crippen molar-refractivity contribution in [3.63, 3.8) is 0 Å². The molecule has 1 aliphatic rings. The highest BCUT2D eigenvalue weighted by Crippen LogP contribution is 2.37. The lowest BCUT2D eigenvalue weighted by Crippen LogP contribution is -2.03. The number of fused-ring (bicyclic) bond motifs is 1. The molecule has 1 heterocycles. The van der Waals surface area contributed by atoms with Crippen molar-refractivity contribution in [3.8, 4) is 11.5 Å². The molecule has 3 nitrogen and oxygen atoms in total. The predicted octanol–water partition coefficient (Wildman–Crippen LogP) is 2.93. The van der Waals surface area contributed by atoms with Gasteiger partial charge in [0.25, 0.3) is 0 Å². The molecule has 2 aromatic rings. The molecule has 3 rings (SSSR count). The standard InChI is InChI=1S/C16H16O3/c17-9-8-14(12-4-2-1-3-5-12)13-6-7-15-16(10-13)19-11-18-15/h1-7,10,14,17H,8-9,11H2. The first-order valence-electron chi connectivity index (χ1n) is 6.44. The Morgan fingerprint density at radius 2 is 1.74 bits per heavy atom. The Morgan fingerprint density at radius 1 is 0.947 bits per heavy atom. The Bertz CT molecular complexity index is 551. The minimum Gasteiger partial charge on any atom is -0.454 e. The van der Waals surface area contributed by atoms with Crippen molar-refractivity contribution in [1.82, 2.24) is 0 Å². The maximum atomic E-state index is 9.30. The van der Waals surface area contributed by atoms with Crippen LogP contribution in [0.3, 0.4) is 0 Å². The van der Waals surface area contributed by atoms with Crippen LogP contribution in [0.5, 0.6) is 11.5 Å². The molecule has 0 aromatic heterocycles. The van der Waals surface area contributed by atoms with E-state index in [9.17, 15) is 5.11 Å². The van der Waals surface area contributed by atoms with Crippen molar-refractivity contribution in [1.29, 1.82) is 0 Å². The summed E-state index contributed by atoms with van der Waals surface area (Å²) in [7, 11) is 0. The minimum atomic E-state index is 0.161. The molecule has 0 saturated heterocycles. The monoisotopic (exact) mass is 256 g/mol. The lowest BCUT2D eigenvalue weighted by molar-refractivity contribution is 0.174. The van der Waals surface area contributed by atoms with Crippen molar-refractivity contribution in [2.24, 2.45) is 0 Å². The first kappa shape index (κ1) is 12.1. The SMILES string of the molecule is OCCC(c1ccccc1)c1ccc2c(c1)OCO2. The molecule has 3 heteroatoms. The second-order valence-corrected chi connectivity index (χ2v) is 4.59. The van der Waals surface area contributed by atoms with E-state index in [4.69, 9.17) is 9.47 Å². The molecule has 0 bridgehead atoms. The summed E-state index contributed by atoms with van der Waals surface area (Å²) in [6, 6.07) is 16.2. The molecule has 19 heavy (non-hydrogen) atoms. The average molecular weight is 256 g/mol. The molecule has 0 amide bonds. The zero-order chi connectivity index (χ0) is 13.1. The highest BCUT2D eigenvalue weighted by atomic mass is 16.7. The van der Waals surface area contributed by atoms with Gasteiger partial charge in [-0.2, -0.15) is 0 Å². The number of benzene rings is 2. The molecule has 0 fully saturated rings. The van der Waals surface area contributed by atoms with Gasteiger partial charge in [-0.15, -0.1) is 0 Å². The number of aliphatic hydroxyl groups excluding tert-OH is 1. The van der Waals surface area contributed by atoms with Crippen molar-refractivity contribution in [2.75, 3.05) is 13.4 Å². The van der Waals surface area contributed by atoms with Crippen LogP contribution >= 0.6 is 0 Å². The third kappa shape index (κ3) is 2.42. The van der Waals surface area contributed by atoms with Gasteiger partial charge in [0, 0.05) is 12.5 Å². The predicted molar refractivity (Wildman–Crippen MR) is 72.6 cm³/mol. The van der Waals surface area contributed by atoms with Crippen molar-refractivity contribution >= 4 is 0 Å². The molecular weight excluding hydrogens is 240 g/mol. The second kappa shape index (κ2) is 5.33. The van der Waals surface area contributed by atoms with Gasteiger partial charge >= 0.3 is 0 Å². The van der Waals surface area contributed by atoms with E-state index in [2.05, 4.69) is 12.1 Å². The summed E-state index contributed by atoms with van der Waals surface area (Å²) in [5, 5.41) is 9.30. The molecule has 1 unspecified atom stereocenters. The van der Waals surface area contributed by atoms with Gasteiger partial charge < -0.3 is 14.6 Å². The first-order chi connectivity index (χ1) is 9.38. The molecule has 0 saturated carbocycles. The molecule has 0 spiro atoms. The van der Waals surface area contributed by atoms with Gasteiger partial charge in [0.1, 0.15) is 0 Å². The highest BCUT2D eigenvalue weighted by Gasteiger charge is 2.18. The van der Waals surface area contributed by atoms with Crippen LogP contribution in [0.2, 0.25) is 0 Å². The van der Waals surface area contributed by atoms with Crippen LogP contribution in [0.15, 0.2) is 48.5 Å². The van der Waals surface area contributed by atoms with Crippen LogP contribution in [-0.2, 0) is 0 Å². The van der Waals surface area contributed by atoms with Gasteiger partial charge in [-0.3, -0.25) is 0 Å². The van der Waals surface area contributed by atoms with Crippen LogP contribution in [-0.4, -0.2) is 18.5 Å². The Morgan fingerprint density at radius 3 is 2.53 bits per heavy atom.